The van der Waals surface area contributed by atoms with Gasteiger partial charge in [0.05, 0.1) is 13.7 Å². The molecule has 3 nitrogen and oxygen atoms in total. The molecule has 1 atom stereocenters. The smallest absolute Gasteiger partial charge is 0.126 e. The summed E-state index contributed by atoms with van der Waals surface area (Å²) in [5, 5.41) is 0. The maximum atomic E-state index is 5.84. The Morgan fingerprint density at radius 2 is 2.22 bits per heavy atom. The molecule has 3 heteroatoms. The molecule has 1 rings (SSSR count). The van der Waals surface area contributed by atoms with E-state index in [4.69, 9.17) is 15.2 Å². The van der Waals surface area contributed by atoms with E-state index in [9.17, 15) is 0 Å². The Hall–Kier alpha value is -1.48. The number of hydrogen-bond donors (Lipinski definition) is 1. The third-order valence-corrected chi connectivity index (χ3v) is 2.63. The normalized spacial score (nSPS) is 11.9. The highest BCUT2D eigenvalue weighted by molar-refractivity contribution is 5.41. The fourth-order valence-corrected chi connectivity index (χ4v) is 1.72. The summed E-state index contributed by atoms with van der Waals surface area (Å²) < 4.78 is 11.0. The standard InChI is InChI=1S/C15H23NO2/c1-4-5-6-9-18-15-11-14(17-3)8-7-13(15)10-12(2)16/h4,7-8,11-12H,1,5-6,9-10,16H2,2-3H3. The van der Waals surface area contributed by atoms with Crippen molar-refractivity contribution in [2.45, 2.75) is 32.2 Å². The second kappa shape index (κ2) is 7.77. The molecule has 1 unspecified atom stereocenters. The van der Waals surface area contributed by atoms with Crippen LogP contribution in [0.1, 0.15) is 25.3 Å². The van der Waals surface area contributed by atoms with Crippen LogP contribution in [0.15, 0.2) is 30.9 Å². The van der Waals surface area contributed by atoms with Crippen LogP contribution in [-0.2, 0) is 6.42 Å². The predicted octanol–water partition coefficient (Wildman–Crippen LogP) is 2.93. The zero-order chi connectivity index (χ0) is 13.4. The van der Waals surface area contributed by atoms with E-state index in [0.717, 1.165) is 36.3 Å². The molecular formula is C15H23NO2. The lowest BCUT2D eigenvalue weighted by Gasteiger charge is -2.14. The van der Waals surface area contributed by atoms with E-state index in [2.05, 4.69) is 6.58 Å². The van der Waals surface area contributed by atoms with E-state index in [1.54, 1.807) is 7.11 Å². The summed E-state index contributed by atoms with van der Waals surface area (Å²) in [5.41, 5.74) is 6.97. The first-order valence-corrected chi connectivity index (χ1v) is 6.33. The first kappa shape index (κ1) is 14.6. The number of methoxy groups -OCH3 is 1. The number of allylic oxidation sites excluding steroid dienone is 1. The van der Waals surface area contributed by atoms with Gasteiger partial charge in [0.15, 0.2) is 0 Å². The Morgan fingerprint density at radius 3 is 2.83 bits per heavy atom. The lowest BCUT2D eigenvalue weighted by molar-refractivity contribution is 0.306. The van der Waals surface area contributed by atoms with E-state index in [-0.39, 0.29) is 6.04 Å². The molecule has 0 bridgehead atoms. The van der Waals surface area contributed by atoms with Gasteiger partial charge in [0.1, 0.15) is 11.5 Å². The molecule has 0 aromatic heterocycles. The van der Waals surface area contributed by atoms with Gasteiger partial charge in [-0.15, -0.1) is 6.58 Å². The minimum Gasteiger partial charge on any atom is -0.497 e. The van der Waals surface area contributed by atoms with Gasteiger partial charge in [-0.1, -0.05) is 12.1 Å². The summed E-state index contributed by atoms with van der Waals surface area (Å²) in [5.74, 6) is 1.68. The van der Waals surface area contributed by atoms with Gasteiger partial charge in [0, 0.05) is 12.1 Å². The third-order valence-electron chi connectivity index (χ3n) is 2.63. The third kappa shape index (κ3) is 4.80. The summed E-state index contributed by atoms with van der Waals surface area (Å²) >= 11 is 0. The molecule has 0 aliphatic carbocycles. The first-order chi connectivity index (χ1) is 8.67. The van der Waals surface area contributed by atoms with Crippen LogP contribution in [0.3, 0.4) is 0 Å². The second-order valence-electron chi connectivity index (χ2n) is 4.43. The van der Waals surface area contributed by atoms with Gasteiger partial charge in [-0.2, -0.15) is 0 Å². The van der Waals surface area contributed by atoms with Crippen molar-refractivity contribution in [2.75, 3.05) is 13.7 Å². The molecule has 0 spiro atoms. The highest BCUT2D eigenvalue weighted by Crippen LogP contribution is 2.26. The Bertz CT molecular complexity index is 375. The van der Waals surface area contributed by atoms with Crippen LogP contribution in [-0.4, -0.2) is 19.8 Å². The number of ether oxygens (including phenoxy) is 2. The van der Waals surface area contributed by atoms with Crippen LogP contribution in [0.4, 0.5) is 0 Å². The molecular weight excluding hydrogens is 226 g/mol. The monoisotopic (exact) mass is 249 g/mol. The summed E-state index contributed by atoms with van der Waals surface area (Å²) in [6, 6.07) is 6.00. The van der Waals surface area contributed by atoms with Gasteiger partial charge < -0.3 is 15.2 Å². The fraction of sp³-hybridized carbons (Fsp3) is 0.467. The van der Waals surface area contributed by atoms with E-state index in [0.29, 0.717) is 6.61 Å². The Labute approximate surface area is 110 Å². The van der Waals surface area contributed by atoms with Crippen molar-refractivity contribution < 1.29 is 9.47 Å². The van der Waals surface area contributed by atoms with E-state index < -0.39 is 0 Å². The van der Waals surface area contributed by atoms with E-state index in [1.807, 2.05) is 31.2 Å². The van der Waals surface area contributed by atoms with Crippen molar-refractivity contribution in [3.05, 3.63) is 36.4 Å². The molecule has 1 aromatic rings. The van der Waals surface area contributed by atoms with Gasteiger partial charge in [0.25, 0.3) is 0 Å². The summed E-state index contributed by atoms with van der Waals surface area (Å²) in [6.45, 7) is 6.37. The van der Waals surface area contributed by atoms with Crippen LogP contribution in [0, 0.1) is 0 Å². The molecule has 100 valence electrons. The van der Waals surface area contributed by atoms with Crippen molar-refractivity contribution >= 4 is 0 Å². The van der Waals surface area contributed by atoms with Gasteiger partial charge in [0.2, 0.25) is 0 Å². The quantitative estimate of drug-likeness (QED) is 0.569. The van der Waals surface area contributed by atoms with Crippen molar-refractivity contribution in [1.82, 2.24) is 0 Å². The molecule has 0 saturated heterocycles. The van der Waals surface area contributed by atoms with Crippen molar-refractivity contribution in [2.24, 2.45) is 5.73 Å². The predicted molar refractivity (Wildman–Crippen MR) is 75.3 cm³/mol. The highest BCUT2D eigenvalue weighted by Gasteiger charge is 2.08. The largest absolute Gasteiger partial charge is 0.497 e. The molecule has 0 amide bonds. The topological polar surface area (TPSA) is 44.5 Å². The summed E-state index contributed by atoms with van der Waals surface area (Å²) in [6.07, 6.45) is 4.64. The highest BCUT2D eigenvalue weighted by atomic mass is 16.5. The molecule has 18 heavy (non-hydrogen) atoms. The van der Waals surface area contributed by atoms with Crippen molar-refractivity contribution in [1.29, 1.82) is 0 Å². The summed E-state index contributed by atoms with van der Waals surface area (Å²) in [7, 11) is 1.65. The van der Waals surface area contributed by atoms with Crippen molar-refractivity contribution in [3.8, 4) is 11.5 Å². The maximum absolute atomic E-state index is 5.84. The van der Waals surface area contributed by atoms with Crippen LogP contribution < -0.4 is 15.2 Å². The van der Waals surface area contributed by atoms with Crippen LogP contribution in [0.5, 0.6) is 11.5 Å². The van der Waals surface area contributed by atoms with Crippen LogP contribution in [0.25, 0.3) is 0 Å². The Kier molecular flexibility index (Phi) is 6.29. The zero-order valence-corrected chi connectivity index (χ0v) is 11.3. The van der Waals surface area contributed by atoms with Gasteiger partial charge in [-0.25, -0.2) is 0 Å². The molecule has 2 N–H and O–H groups in total. The minimum atomic E-state index is 0.119. The Morgan fingerprint density at radius 1 is 1.44 bits per heavy atom. The lowest BCUT2D eigenvalue weighted by atomic mass is 10.1. The molecule has 0 saturated carbocycles. The number of rotatable bonds is 8. The first-order valence-electron chi connectivity index (χ1n) is 6.33. The number of benzene rings is 1. The fourth-order valence-electron chi connectivity index (χ4n) is 1.72. The SMILES string of the molecule is C=CCCCOc1cc(OC)ccc1CC(C)N. The molecule has 0 aliphatic rings. The average molecular weight is 249 g/mol. The number of unbranched alkanes of at least 4 members (excludes halogenated alkanes) is 1. The average Bonchev–Trinajstić information content (AvgIpc) is 2.35. The molecule has 0 heterocycles. The van der Waals surface area contributed by atoms with Crippen LogP contribution in [0.2, 0.25) is 0 Å². The van der Waals surface area contributed by atoms with Crippen molar-refractivity contribution in [3.63, 3.8) is 0 Å². The summed E-state index contributed by atoms with van der Waals surface area (Å²) in [4.78, 5) is 0. The molecule has 0 radical (unpaired) electrons. The zero-order valence-electron chi connectivity index (χ0n) is 11.3. The molecule has 1 aromatic carbocycles. The maximum Gasteiger partial charge on any atom is 0.126 e. The molecule has 0 fully saturated rings. The van der Waals surface area contributed by atoms with E-state index in [1.165, 1.54) is 0 Å². The lowest BCUT2D eigenvalue weighted by Crippen LogP contribution is -2.18. The minimum absolute atomic E-state index is 0.119. The van der Waals surface area contributed by atoms with E-state index >= 15 is 0 Å². The molecule has 0 aliphatic heterocycles. The number of nitrogens with two attached hydrogens (primary N) is 1. The van der Waals surface area contributed by atoms with Crippen LogP contribution >= 0.6 is 0 Å². The number of hydrogen-bond acceptors (Lipinski definition) is 3. The van der Waals surface area contributed by atoms with Gasteiger partial charge in [-0.05, 0) is 37.8 Å². The van der Waals surface area contributed by atoms with Gasteiger partial charge >= 0.3 is 0 Å². The second-order valence-corrected chi connectivity index (χ2v) is 4.43. The van der Waals surface area contributed by atoms with Gasteiger partial charge in [-0.3, -0.25) is 0 Å². The Balaban J connectivity index is 2.72.